The van der Waals surface area contributed by atoms with Gasteiger partial charge in [0.05, 0.1) is 25.4 Å². The molecule has 1 aliphatic heterocycles. The minimum absolute atomic E-state index is 0.251. The number of nitrogens with one attached hydrogen (secondary N) is 1. The van der Waals surface area contributed by atoms with Gasteiger partial charge >= 0.3 is 0 Å². The fourth-order valence-electron chi connectivity index (χ4n) is 8.02. The van der Waals surface area contributed by atoms with Crippen molar-refractivity contribution in [2.24, 2.45) is 0 Å². The molecule has 11 heteroatoms. The molecule has 0 radical (unpaired) electrons. The number of amides is 1. The summed E-state index contributed by atoms with van der Waals surface area (Å²) in [5, 5.41) is 75.6. The Morgan fingerprint density at radius 1 is 0.557 bits per heavy atom. The van der Waals surface area contributed by atoms with Crippen molar-refractivity contribution in [3.05, 3.63) is 24.3 Å². The van der Waals surface area contributed by atoms with E-state index in [1.807, 2.05) is 0 Å². The van der Waals surface area contributed by atoms with Gasteiger partial charge in [-0.2, -0.15) is 0 Å². The minimum atomic E-state index is -1.67. The van der Waals surface area contributed by atoms with E-state index in [2.05, 4.69) is 43.5 Å². The molecule has 1 heterocycles. The lowest BCUT2D eigenvalue weighted by Crippen LogP contribution is -2.60. The summed E-state index contributed by atoms with van der Waals surface area (Å²) < 4.78 is 11.1. The lowest BCUT2D eigenvalue weighted by molar-refractivity contribution is -0.303. The second-order valence-electron chi connectivity index (χ2n) is 17.9. The predicted octanol–water partition coefficient (Wildman–Crippen LogP) is 9.01. The maximum atomic E-state index is 13.1. The molecule has 1 saturated heterocycles. The number of aliphatic hydroxyl groups is 7. The highest BCUT2D eigenvalue weighted by Crippen LogP contribution is 2.23. The molecule has 0 spiro atoms. The summed E-state index contributed by atoms with van der Waals surface area (Å²) in [5.74, 6) is -0.710. The lowest BCUT2D eigenvalue weighted by atomic mass is 9.98. The van der Waals surface area contributed by atoms with Crippen LogP contribution in [0.4, 0.5) is 0 Å². The van der Waals surface area contributed by atoms with E-state index < -0.39 is 74.2 Å². The summed E-state index contributed by atoms with van der Waals surface area (Å²) in [4.78, 5) is 13.1. The number of ether oxygens (including phenoxy) is 2. The Hall–Kier alpha value is -1.41. The van der Waals surface area contributed by atoms with Crippen molar-refractivity contribution in [3.63, 3.8) is 0 Å². The first-order chi connectivity index (χ1) is 29.7. The summed E-state index contributed by atoms with van der Waals surface area (Å²) in [6.07, 6.45) is 33.9. The van der Waals surface area contributed by atoms with Crippen LogP contribution in [0.5, 0.6) is 0 Å². The van der Waals surface area contributed by atoms with Gasteiger partial charge < -0.3 is 50.5 Å². The van der Waals surface area contributed by atoms with Crippen molar-refractivity contribution >= 4 is 5.91 Å². The van der Waals surface area contributed by atoms with Crippen molar-refractivity contribution in [2.45, 2.75) is 274 Å². The minimum Gasteiger partial charge on any atom is -0.394 e. The Bertz CT molecular complexity index is 1040. The van der Waals surface area contributed by atoms with Crippen LogP contribution in [0.2, 0.25) is 0 Å². The van der Waals surface area contributed by atoms with Crippen LogP contribution in [-0.4, -0.2) is 110 Å². The normalized spacial score (nSPS) is 21.6. The van der Waals surface area contributed by atoms with Crippen molar-refractivity contribution in [1.29, 1.82) is 0 Å². The van der Waals surface area contributed by atoms with Crippen molar-refractivity contribution < 1.29 is 50.0 Å². The number of aliphatic hydroxyl groups excluding tert-OH is 7. The average Bonchev–Trinajstić information content (AvgIpc) is 3.26. The molecular weight excluding hydrogens is 775 g/mol. The molecule has 0 aliphatic carbocycles. The highest BCUT2D eigenvalue weighted by Gasteiger charge is 2.44. The maximum absolute atomic E-state index is 13.1. The van der Waals surface area contributed by atoms with E-state index in [0.29, 0.717) is 12.8 Å². The SMILES string of the molecule is CCCCCCC/C=C/CCCC(O)C(O)C(COC1OC(CO)C(O)C(O)C1O)NC(=O)C(O)CCCCCCCCCC/C=C\CCCCCCCCCCCCCC. The van der Waals surface area contributed by atoms with E-state index in [1.54, 1.807) is 0 Å². The number of hydrogen-bond donors (Lipinski definition) is 8. The van der Waals surface area contributed by atoms with Gasteiger partial charge in [0, 0.05) is 0 Å². The van der Waals surface area contributed by atoms with Crippen LogP contribution in [0.15, 0.2) is 24.3 Å². The zero-order valence-corrected chi connectivity index (χ0v) is 38.9. The second-order valence-corrected chi connectivity index (χ2v) is 17.9. The van der Waals surface area contributed by atoms with Crippen LogP contribution in [-0.2, 0) is 14.3 Å². The summed E-state index contributed by atoms with van der Waals surface area (Å²) in [6, 6.07) is -1.18. The van der Waals surface area contributed by atoms with E-state index >= 15 is 0 Å². The second kappa shape index (κ2) is 40.1. The van der Waals surface area contributed by atoms with Crippen molar-refractivity contribution in [2.75, 3.05) is 13.2 Å². The molecule has 1 fully saturated rings. The number of rotatable bonds is 42. The van der Waals surface area contributed by atoms with Crippen LogP contribution >= 0.6 is 0 Å². The fourth-order valence-corrected chi connectivity index (χ4v) is 8.02. The molecule has 0 aromatic carbocycles. The zero-order chi connectivity index (χ0) is 44.8. The molecule has 9 unspecified atom stereocenters. The van der Waals surface area contributed by atoms with Gasteiger partial charge in [-0.25, -0.2) is 0 Å². The molecule has 0 bridgehead atoms. The van der Waals surface area contributed by atoms with Gasteiger partial charge in [0.25, 0.3) is 0 Å². The molecular formula is C50H95NO10. The van der Waals surface area contributed by atoms with Crippen LogP contribution in [0, 0.1) is 0 Å². The van der Waals surface area contributed by atoms with E-state index in [4.69, 9.17) is 9.47 Å². The summed E-state index contributed by atoms with van der Waals surface area (Å²) >= 11 is 0. The van der Waals surface area contributed by atoms with E-state index in [1.165, 1.54) is 135 Å². The fraction of sp³-hybridized carbons (Fsp3) is 0.900. The molecule has 8 N–H and O–H groups in total. The summed E-state index contributed by atoms with van der Waals surface area (Å²) in [6.45, 7) is 3.40. The van der Waals surface area contributed by atoms with Gasteiger partial charge in [0.15, 0.2) is 6.29 Å². The van der Waals surface area contributed by atoms with E-state index in [0.717, 1.165) is 44.9 Å². The number of allylic oxidation sites excluding steroid dienone is 4. The van der Waals surface area contributed by atoms with Gasteiger partial charge in [-0.05, 0) is 64.2 Å². The van der Waals surface area contributed by atoms with Crippen LogP contribution in [0.3, 0.4) is 0 Å². The molecule has 0 aromatic heterocycles. The van der Waals surface area contributed by atoms with Gasteiger partial charge in [-0.3, -0.25) is 4.79 Å². The van der Waals surface area contributed by atoms with Crippen LogP contribution in [0.1, 0.15) is 219 Å². The molecule has 1 rings (SSSR count). The molecule has 360 valence electrons. The molecule has 1 aliphatic rings. The summed E-state index contributed by atoms with van der Waals surface area (Å²) in [5.41, 5.74) is 0. The maximum Gasteiger partial charge on any atom is 0.249 e. The zero-order valence-electron chi connectivity index (χ0n) is 38.9. The highest BCUT2D eigenvalue weighted by molar-refractivity contribution is 5.80. The molecule has 1 amide bonds. The number of carbonyl (C=O) groups excluding carboxylic acids is 1. The molecule has 61 heavy (non-hydrogen) atoms. The Morgan fingerprint density at radius 3 is 1.41 bits per heavy atom. The highest BCUT2D eigenvalue weighted by atomic mass is 16.7. The van der Waals surface area contributed by atoms with Gasteiger partial charge in [0.2, 0.25) is 5.91 Å². The largest absolute Gasteiger partial charge is 0.394 e. The van der Waals surface area contributed by atoms with Crippen LogP contribution < -0.4 is 5.32 Å². The smallest absolute Gasteiger partial charge is 0.249 e. The molecule has 11 nitrogen and oxygen atoms in total. The Labute approximate surface area is 372 Å². The third-order valence-corrected chi connectivity index (χ3v) is 12.2. The quantitative estimate of drug-likeness (QED) is 0.0217. The first-order valence-corrected chi connectivity index (χ1v) is 25.2. The van der Waals surface area contributed by atoms with E-state index in [-0.39, 0.29) is 12.8 Å². The number of unbranched alkanes of at least 4 members (excludes halogenated alkanes) is 26. The lowest BCUT2D eigenvalue weighted by Gasteiger charge is -2.40. The Kier molecular flexibility index (Phi) is 37.9. The van der Waals surface area contributed by atoms with E-state index in [9.17, 15) is 40.5 Å². The average molecular weight is 870 g/mol. The number of hydrogen-bond acceptors (Lipinski definition) is 10. The Morgan fingerprint density at radius 2 is 0.967 bits per heavy atom. The van der Waals surface area contributed by atoms with Gasteiger partial charge in [-0.1, -0.05) is 179 Å². The topological polar surface area (TPSA) is 189 Å². The molecule has 9 atom stereocenters. The standard InChI is InChI=1S/C50H95NO10/c1-3-5-7-9-11-13-15-16-17-18-19-20-21-22-23-24-25-26-27-28-30-32-34-36-38-43(54)49(59)51-41(40-60-50-48(58)47(57)46(56)44(39-52)61-50)45(55)42(53)37-35-33-31-29-14-12-10-8-6-4-2/h22-23,29,31,41-48,50,52-58H,3-21,24-28,30,32-40H2,1-2H3,(H,51,59)/b23-22-,31-29+. The van der Waals surface area contributed by atoms with Gasteiger partial charge in [-0.15, -0.1) is 0 Å². The first-order valence-electron chi connectivity index (χ1n) is 25.2. The molecule has 0 saturated carbocycles. The predicted molar refractivity (Wildman–Crippen MR) is 247 cm³/mol. The third kappa shape index (κ3) is 29.6. The first kappa shape index (κ1) is 57.6. The molecule has 0 aromatic rings. The third-order valence-electron chi connectivity index (χ3n) is 12.2. The Balaban J connectivity index is 2.32. The van der Waals surface area contributed by atoms with Gasteiger partial charge in [0.1, 0.15) is 36.6 Å². The van der Waals surface area contributed by atoms with Crippen molar-refractivity contribution in [3.8, 4) is 0 Å². The van der Waals surface area contributed by atoms with Crippen molar-refractivity contribution in [1.82, 2.24) is 5.32 Å². The summed E-state index contributed by atoms with van der Waals surface area (Å²) in [7, 11) is 0. The van der Waals surface area contributed by atoms with Crippen LogP contribution in [0.25, 0.3) is 0 Å². The number of carbonyl (C=O) groups is 1. The monoisotopic (exact) mass is 870 g/mol.